The van der Waals surface area contributed by atoms with E-state index >= 15 is 0 Å². The van der Waals surface area contributed by atoms with E-state index in [1.54, 1.807) is 30.5 Å². The number of amides is 1. The van der Waals surface area contributed by atoms with Gasteiger partial charge in [0, 0.05) is 48.5 Å². The van der Waals surface area contributed by atoms with Gasteiger partial charge >= 0.3 is 0 Å². The van der Waals surface area contributed by atoms with Crippen molar-refractivity contribution in [2.75, 3.05) is 50.1 Å². The number of ether oxygens (including phenoxy) is 1. The van der Waals surface area contributed by atoms with Crippen LogP contribution in [-0.2, 0) is 4.79 Å². The largest absolute Gasteiger partial charge is 0.484 e. The van der Waals surface area contributed by atoms with Crippen LogP contribution in [0.25, 0.3) is 10.9 Å². The summed E-state index contributed by atoms with van der Waals surface area (Å²) in [5, 5.41) is 4.33. The van der Waals surface area contributed by atoms with Gasteiger partial charge in [0.2, 0.25) is 5.95 Å². The number of rotatable bonds is 5. The van der Waals surface area contributed by atoms with Crippen molar-refractivity contribution in [2.24, 2.45) is 0 Å². The van der Waals surface area contributed by atoms with Gasteiger partial charge in [0.05, 0.1) is 5.52 Å². The number of nitrogens with zero attached hydrogens (tertiary/aromatic N) is 4. The first-order chi connectivity index (χ1) is 14.1. The van der Waals surface area contributed by atoms with Crippen molar-refractivity contribution in [1.82, 2.24) is 14.9 Å². The Kier molecular flexibility index (Phi) is 5.78. The molecular formula is C21H22ClN5O2. The number of carbonyl (C=O) groups excluding carboxylic acids is 1. The molecule has 0 spiro atoms. The maximum absolute atomic E-state index is 12.2. The molecule has 7 nitrogen and oxygen atoms in total. The quantitative estimate of drug-likeness (QED) is 0.695. The van der Waals surface area contributed by atoms with Gasteiger partial charge in [-0.2, -0.15) is 0 Å². The Morgan fingerprint density at radius 2 is 1.90 bits per heavy atom. The molecule has 1 aromatic heterocycles. The molecule has 29 heavy (non-hydrogen) atoms. The number of halogens is 1. The summed E-state index contributed by atoms with van der Waals surface area (Å²) in [5.74, 6) is 1.10. The molecule has 1 N–H and O–H groups in total. The van der Waals surface area contributed by atoms with E-state index < -0.39 is 0 Å². The average Bonchev–Trinajstić information content (AvgIpc) is 2.73. The number of nitrogens with one attached hydrogen (secondary N) is 1. The van der Waals surface area contributed by atoms with Crippen LogP contribution in [0.15, 0.2) is 48.7 Å². The van der Waals surface area contributed by atoms with Gasteiger partial charge < -0.3 is 19.9 Å². The molecule has 0 unspecified atom stereocenters. The van der Waals surface area contributed by atoms with E-state index in [4.69, 9.17) is 16.3 Å². The van der Waals surface area contributed by atoms with Crippen molar-refractivity contribution in [2.45, 2.75) is 0 Å². The van der Waals surface area contributed by atoms with E-state index in [0.29, 0.717) is 16.5 Å². The minimum Gasteiger partial charge on any atom is -0.484 e. The molecule has 2 aromatic carbocycles. The first-order valence-electron chi connectivity index (χ1n) is 9.45. The fraction of sp³-hybridized carbons (Fsp3) is 0.286. The van der Waals surface area contributed by atoms with Crippen LogP contribution in [-0.4, -0.2) is 60.6 Å². The standard InChI is InChI=1S/C21H22ClN5O2/c1-26-8-10-27(11-9-26)21-23-13-15-12-17(4-7-19(15)25-21)24-20(28)14-29-18-5-2-16(22)3-6-18/h2-7,12-13H,8-11,14H2,1H3,(H,24,28). The molecule has 0 radical (unpaired) electrons. The van der Waals surface area contributed by atoms with E-state index in [1.165, 1.54) is 0 Å². The van der Waals surface area contributed by atoms with Gasteiger partial charge in [0.25, 0.3) is 5.91 Å². The van der Waals surface area contributed by atoms with E-state index in [-0.39, 0.29) is 12.5 Å². The lowest BCUT2D eigenvalue weighted by Gasteiger charge is -2.32. The van der Waals surface area contributed by atoms with Crippen molar-refractivity contribution in [3.8, 4) is 5.75 Å². The number of likely N-dealkylation sites (N-methyl/N-ethyl adjacent to an activating group) is 1. The molecule has 1 aliphatic rings. The zero-order valence-electron chi connectivity index (χ0n) is 16.1. The van der Waals surface area contributed by atoms with Gasteiger partial charge in [-0.05, 0) is 49.5 Å². The lowest BCUT2D eigenvalue weighted by molar-refractivity contribution is -0.118. The van der Waals surface area contributed by atoms with Crippen LogP contribution in [0.4, 0.5) is 11.6 Å². The van der Waals surface area contributed by atoms with E-state index in [2.05, 4.69) is 32.1 Å². The van der Waals surface area contributed by atoms with Crippen LogP contribution in [0.1, 0.15) is 0 Å². The molecule has 0 aliphatic carbocycles. The number of hydrogen-bond donors (Lipinski definition) is 1. The summed E-state index contributed by atoms with van der Waals surface area (Å²) in [4.78, 5) is 25.8. The minimum atomic E-state index is -0.241. The van der Waals surface area contributed by atoms with Crippen LogP contribution >= 0.6 is 11.6 Å². The number of fused-ring (bicyclic) bond motifs is 1. The smallest absolute Gasteiger partial charge is 0.262 e. The minimum absolute atomic E-state index is 0.0848. The predicted molar refractivity (Wildman–Crippen MR) is 115 cm³/mol. The monoisotopic (exact) mass is 411 g/mol. The Morgan fingerprint density at radius 1 is 1.14 bits per heavy atom. The molecule has 1 aliphatic heterocycles. The Hall–Kier alpha value is -2.90. The molecule has 0 saturated carbocycles. The summed E-state index contributed by atoms with van der Waals surface area (Å²) in [6, 6.07) is 12.5. The summed E-state index contributed by atoms with van der Waals surface area (Å²) in [5.41, 5.74) is 1.53. The van der Waals surface area contributed by atoms with Crippen LogP contribution < -0.4 is 15.0 Å². The second-order valence-electron chi connectivity index (χ2n) is 7.02. The predicted octanol–water partition coefficient (Wildman–Crippen LogP) is 3.05. The number of benzene rings is 2. The third-order valence-electron chi connectivity index (χ3n) is 4.82. The lowest BCUT2D eigenvalue weighted by atomic mass is 10.2. The normalized spacial score (nSPS) is 14.8. The van der Waals surface area contributed by atoms with Crippen LogP contribution in [0.3, 0.4) is 0 Å². The van der Waals surface area contributed by atoms with Crippen molar-refractivity contribution in [1.29, 1.82) is 0 Å². The molecular weight excluding hydrogens is 390 g/mol. The van der Waals surface area contributed by atoms with E-state index in [0.717, 1.165) is 43.0 Å². The second kappa shape index (κ2) is 8.63. The summed E-state index contributed by atoms with van der Waals surface area (Å²) in [6.07, 6.45) is 1.80. The fourth-order valence-electron chi connectivity index (χ4n) is 3.14. The van der Waals surface area contributed by atoms with Crippen molar-refractivity contribution in [3.63, 3.8) is 0 Å². The second-order valence-corrected chi connectivity index (χ2v) is 7.46. The topological polar surface area (TPSA) is 70.6 Å². The third kappa shape index (κ3) is 4.93. The summed E-state index contributed by atoms with van der Waals surface area (Å²) in [7, 11) is 2.12. The maximum atomic E-state index is 12.2. The highest BCUT2D eigenvalue weighted by molar-refractivity contribution is 6.30. The number of hydrogen-bond acceptors (Lipinski definition) is 6. The molecule has 150 valence electrons. The van der Waals surface area contributed by atoms with Crippen LogP contribution in [0.2, 0.25) is 5.02 Å². The first-order valence-corrected chi connectivity index (χ1v) is 9.83. The fourth-order valence-corrected chi connectivity index (χ4v) is 3.26. The van der Waals surface area contributed by atoms with E-state index in [1.807, 2.05) is 18.2 Å². The molecule has 1 fully saturated rings. The molecule has 8 heteroatoms. The van der Waals surface area contributed by atoms with Crippen molar-refractivity contribution in [3.05, 3.63) is 53.7 Å². The number of carbonyl (C=O) groups is 1. The highest BCUT2D eigenvalue weighted by atomic mass is 35.5. The number of aromatic nitrogens is 2. The molecule has 0 atom stereocenters. The molecule has 3 aromatic rings. The highest BCUT2D eigenvalue weighted by Crippen LogP contribution is 2.20. The molecule has 1 saturated heterocycles. The maximum Gasteiger partial charge on any atom is 0.262 e. The van der Waals surface area contributed by atoms with Gasteiger partial charge in [0.1, 0.15) is 5.75 Å². The highest BCUT2D eigenvalue weighted by Gasteiger charge is 2.16. The average molecular weight is 412 g/mol. The Balaban J connectivity index is 1.38. The Morgan fingerprint density at radius 3 is 2.66 bits per heavy atom. The number of anilines is 2. The molecule has 1 amide bonds. The first kappa shape index (κ1) is 19.4. The molecule has 4 rings (SSSR count). The zero-order valence-corrected chi connectivity index (χ0v) is 16.9. The Bertz CT molecular complexity index is 1000. The van der Waals surface area contributed by atoms with Gasteiger partial charge in [-0.3, -0.25) is 4.79 Å². The van der Waals surface area contributed by atoms with Crippen molar-refractivity contribution >= 4 is 40.0 Å². The molecule has 0 bridgehead atoms. The van der Waals surface area contributed by atoms with Gasteiger partial charge in [-0.1, -0.05) is 11.6 Å². The third-order valence-corrected chi connectivity index (χ3v) is 5.07. The van der Waals surface area contributed by atoms with Crippen LogP contribution in [0, 0.1) is 0 Å². The van der Waals surface area contributed by atoms with Gasteiger partial charge in [-0.15, -0.1) is 0 Å². The van der Waals surface area contributed by atoms with Gasteiger partial charge in [0.15, 0.2) is 6.61 Å². The SMILES string of the molecule is CN1CCN(c2ncc3cc(NC(=O)COc4ccc(Cl)cc4)ccc3n2)CC1. The number of piperazine rings is 1. The summed E-state index contributed by atoms with van der Waals surface area (Å²) < 4.78 is 5.47. The van der Waals surface area contributed by atoms with Gasteiger partial charge in [-0.25, -0.2) is 9.97 Å². The lowest BCUT2D eigenvalue weighted by Crippen LogP contribution is -2.45. The zero-order chi connectivity index (χ0) is 20.2. The van der Waals surface area contributed by atoms with Crippen LogP contribution in [0.5, 0.6) is 5.75 Å². The van der Waals surface area contributed by atoms with E-state index in [9.17, 15) is 4.79 Å². The Labute approximate surface area is 174 Å². The van der Waals surface area contributed by atoms with Crippen molar-refractivity contribution < 1.29 is 9.53 Å². The summed E-state index contributed by atoms with van der Waals surface area (Å²) >= 11 is 5.84. The molecule has 2 heterocycles. The summed E-state index contributed by atoms with van der Waals surface area (Å²) in [6.45, 7) is 3.76.